The van der Waals surface area contributed by atoms with E-state index in [9.17, 15) is 0 Å². The molecule has 1 aliphatic carbocycles. The number of benzene rings is 1. The van der Waals surface area contributed by atoms with E-state index in [4.69, 9.17) is 11.5 Å². The van der Waals surface area contributed by atoms with Crippen LogP contribution >= 0.6 is 0 Å². The lowest BCUT2D eigenvalue weighted by Gasteiger charge is -2.24. The van der Waals surface area contributed by atoms with E-state index in [1.165, 1.54) is 11.1 Å². The van der Waals surface area contributed by atoms with Crippen LogP contribution < -0.4 is 21.7 Å². The molecule has 24 heavy (non-hydrogen) atoms. The number of nitrogens with zero attached hydrogens (tertiary/aromatic N) is 3. The van der Waals surface area contributed by atoms with E-state index in [-0.39, 0.29) is 5.95 Å². The molecule has 0 spiro atoms. The highest BCUT2D eigenvalue weighted by molar-refractivity contribution is 5.63. The molecule has 126 valence electrons. The van der Waals surface area contributed by atoms with Crippen LogP contribution in [0.5, 0.6) is 0 Å². The molecule has 1 aliphatic heterocycles. The first-order valence-corrected chi connectivity index (χ1v) is 8.57. The smallest absolute Gasteiger partial charge is 0.223 e. The van der Waals surface area contributed by atoms with Gasteiger partial charge in [-0.05, 0) is 43.4 Å². The average molecular weight is 324 g/mol. The molecule has 1 atom stereocenters. The van der Waals surface area contributed by atoms with E-state index in [0.717, 1.165) is 43.7 Å². The van der Waals surface area contributed by atoms with Crippen LogP contribution in [0.1, 0.15) is 29.0 Å². The van der Waals surface area contributed by atoms with Gasteiger partial charge in [-0.3, -0.25) is 0 Å². The summed E-state index contributed by atoms with van der Waals surface area (Å²) in [4.78, 5) is 11.1. The van der Waals surface area contributed by atoms with Gasteiger partial charge in [0.15, 0.2) is 0 Å². The highest BCUT2D eigenvalue weighted by Crippen LogP contribution is 2.40. The Hall–Kier alpha value is -2.34. The first-order valence-electron chi connectivity index (χ1n) is 8.57. The van der Waals surface area contributed by atoms with Gasteiger partial charge in [0, 0.05) is 24.7 Å². The maximum absolute atomic E-state index is 6.30. The minimum Gasteiger partial charge on any atom is -0.383 e. The van der Waals surface area contributed by atoms with Crippen molar-refractivity contribution in [2.45, 2.75) is 31.2 Å². The fourth-order valence-corrected chi connectivity index (χ4v) is 4.08. The summed E-state index contributed by atoms with van der Waals surface area (Å²) in [6.45, 7) is 1.90. The van der Waals surface area contributed by atoms with Gasteiger partial charge in [-0.25, -0.2) is 0 Å². The summed E-state index contributed by atoms with van der Waals surface area (Å²) in [7, 11) is 2.01. The Morgan fingerprint density at radius 3 is 2.46 bits per heavy atom. The molecule has 1 aromatic carbocycles. The summed E-state index contributed by atoms with van der Waals surface area (Å²) in [6, 6.07) is 9.09. The Balaban J connectivity index is 1.71. The summed E-state index contributed by atoms with van der Waals surface area (Å²) in [6.07, 6.45) is 3.08. The average Bonchev–Trinajstić information content (AvgIpc) is 3.20. The van der Waals surface area contributed by atoms with E-state index in [0.29, 0.717) is 17.8 Å². The van der Waals surface area contributed by atoms with Crippen LogP contribution in [0.15, 0.2) is 24.3 Å². The molecular weight excluding hydrogens is 300 g/mol. The zero-order valence-corrected chi connectivity index (χ0v) is 14.0. The number of likely N-dealkylation sites (N-methyl/N-ethyl adjacent to an activating group) is 1. The Kier molecular flexibility index (Phi) is 3.76. The number of hydrogen-bond donors (Lipinski definition) is 3. The van der Waals surface area contributed by atoms with Crippen LogP contribution in [0.2, 0.25) is 0 Å². The molecule has 0 amide bonds. The standard InChI is InChI=1S/C18H24N6/c1-21-14-6-7-24(10-14)17-15(16(19)22-18(20)23-17)13-8-11-4-2-3-5-12(11)9-13/h2-5,13-14,21H,6-10H2,1H3,(H4,19,20,22,23). The monoisotopic (exact) mass is 324 g/mol. The second-order valence-electron chi connectivity index (χ2n) is 6.80. The molecule has 1 fully saturated rings. The third-order valence-corrected chi connectivity index (χ3v) is 5.33. The number of hydrogen-bond acceptors (Lipinski definition) is 6. The van der Waals surface area contributed by atoms with Crippen LogP contribution in [-0.4, -0.2) is 36.1 Å². The predicted molar refractivity (Wildman–Crippen MR) is 97.1 cm³/mol. The van der Waals surface area contributed by atoms with Gasteiger partial charge < -0.3 is 21.7 Å². The van der Waals surface area contributed by atoms with Crippen molar-refractivity contribution in [2.24, 2.45) is 0 Å². The van der Waals surface area contributed by atoms with Gasteiger partial charge in [-0.15, -0.1) is 0 Å². The number of aromatic nitrogens is 2. The van der Waals surface area contributed by atoms with Crippen LogP contribution in [0, 0.1) is 0 Å². The Morgan fingerprint density at radius 2 is 1.83 bits per heavy atom. The normalized spacial score (nSPS) is 20.5. The van der Waals surface area contributed by atoms with Gasteiger partial charge in [0.05, 0.1) is 0 Å². The minimum absolute atomic E-state index is 0.259. The zero-order valence-electron chi connectivity index (χ0n) is 14.0. The Bertz CT molecular complexity index is 734. The largest absolute Gasteiger partial charge is 0.383 e. The predicted octanol–water partition coefficient (Wildman–Crippen LogP) is 1.32. The minimum atomic E-state index is 0.259. The van der Waals surface area contributed by atoms with Crippen molar-refractivity contribution < 1.29 is 0 Å². The highest BCUT2D eigenvalue weighted by atomic mass is 15.3. The maximum Gasteiger partial charge on any atom is 0.223 e. The zero-order chi connectivity index (χ0) is 16.7. The molecule has 1 unspecified atom stereocenters. The number of fused-ring (bicyclic) bond motifs is 1. The number of rotatable bonds is 3. The van der Waals surface area contributed by atoms with Crippen molar-refractivity contribution in [1.29, 1.82) is 0 Å². The maximum atomic E-state index is 6.30. The Morgan fingerprint density at radius 1 is 1.12 bits per heavy atom. The molecule has 5 N–H and O–H groups in total. The number of nitrogens with one attached hydrogen (secondary N) is 1. The second kappa shape index (κ2) is 5.94. The third-order valence-electron chi connectivity index (χ3n) is 5.33. The van der Waals surface area contributed by atoms with Gasteiger partial charge in [0.25, 0.3) is 0 Å². The fraction of sp³-hybridized carbons (Fsp3) is 0.444. The van der Waals surface area contributed by atoms with Gasteiger partial charge >= 0.3 is 0 Å². The van der Waals surface area contributed by atoms with E-state index in [1.807, 2.05) is 7.05 Å². The molecule has 0 radical (unpaired) electrons. The highest BCUT2D eigenvalue weighted by Gasteiger charge is 2.32. The van der Waals surface area contributed by atoms with Gasteiger partial charge in [-0.1, -0.05) is 24.3 Å². The third kappa shape index (κ3) is 2.57. The first kappa shape index (κ1) is 15.2. The lowest BCUT2D eigenvalue weighted by Crippen LogP contribution is -2.31. The lowest BCUT2D eigenvalue weighted by molar-refractivity contribution is 0.616. The van der Waals surface area contributed by atoms with Gasteiger partial charge in [-0.2, -0.15) is 9.97 Å². The SMILES string of the molecule is CNC1CCN(c2nc(N)nc(N)c2C2Cc3ccccc3C2)C1. The molecule has 2 heterocycles. The topological polar surface area (TPSA) is 93.1 Å². The van der Waals surface area contributed by atoms with E-state index in [2.05, 4.69) is 44.5 Å². The summed E-state index contributed by atoms with van der Waals surface area (Å²) in [5.41, 5.74) is 16.1. The Labute approximate surface area is 142 Å². The molecule has 0 bridgehead atoms. The number of nitrogens with two attached hydrogens (primary N) is 2. The molecule has 2 aliphatic rings. The number of anilines is 3. The second-order valence-corrected chi connectivity index (χ2v) is 6.80. The van der Waals surface area contributed by atoms with Crippen molar-refractivity contribution in [3.05, 3.63) is 41.0 Å². The summed E-state index contributed by atoms with van der Waals surface area (Å²) in [5.74, 6) is 2.04. The molecule has 1 aromatic heterocycles. The quantitative estimate of drug-likeness (QED) is 0.788. The summed E-state index contributed by atoms with van der Waals surface area (Å²) >= 11 is 0. The van der Waals surface area contributed by atoms with E-state index in [1.54, 1.807) is 0 Å². The first-order chi connectivity index (χ1) is 11.7. The molecule has 1 saturated heterocycles. The molecule has 0 saturated carbocycles. The number of nitrogen functional groups attached to an aromatic ring is 2. The summed E-state index contributed by atoms with van der Waals surface area (Å²) < 4.78 is 0. The van der Waals surface area contributed by atoms with Crippen LogP contribution in [0.25, 0.3) is 0 Å². The molecule has 4 rings (SSSR count). The van der Waals surface area contributed by atoms with Gasteiger partial charge in [0.2, 0.25) is 5.95 Å². The molecule has 6 nitrogen and oxygen atoms in total. The lowest BCUT2D eigenvalue weighted by atomic mass is 9.96. The van der Waals surface area contributed by atoms with Crippen LogP contribution in [0.3, 0.4) is 0 Å². The van der Waals surface area contributed by atoms with E-state index >= 15 is 0 Å². The van der Waals surface area contributed by atoms with Crippen molar-refractivity contribution in [3.8, 4) is 0 Å². The molecule has 6 heteroatoms. The van der Waals surface area contributed by atoms with Crippen LogP contribution in [0.4, 0.5) is 17.6 Å². The van der Waals surface area contributed by atoms with Crippen molar-refractivity contribution in [3.63, 3.8) is 0 Å². The van der Waals surface area contributed by atoms with Crippen LogP contribution in [-0.2, 0) is 12.8 Å². The summed E-state index contributed by atoms with van der Waals surface area (Å²) in [5, 5.41) is 3.35. The van der Waals surface area contributed by atoms with Crippen molar-refractivity contribution in [2.75, 3.05) is 36.5 Å². The van der Waals surface area contributed by atoms with Gasteiger partial charge in [0.1, 0.15) is 11.6 Å². The van der Waals surface area contributed by atoms with E-state index < -0.39 is 0 Å². The van der Waals surface area contributed by atoms with Crippen molar-refractivity contribution >= 4 is 17.6 Å². The fourth-order valence-electron chi connectivity index (χ4n) is 4.08. The van der Waals surface area contributed by atoms with Crippen molar-refractivity contribution in [1.82, 2.24) is 15.3 Å². The molecule has 2 aromatic rings. The molecular formula is C18H24N6.